The molecule has 0 saturated carbocycles. The number of thioether (sulfide) groups is 1. The lowest BCUT2D eigenvalue weighted by atomic mass is 9.95. The van der Waals surface area contributed by atoms with E-state index in [4.69, 9.17) is 16.3 Å². The molecule has 5 nitrogen and oxygen atoms in total. The van der Waals surface area contributed by atoms with E-state index in [0.29, 0.717) is 5.92 Å². The second kappa shape index (κ2) is 11.0. The van der Waals surface area contributed by atoms with Crippen molar-refractivity contribution >= 4 is 23.4 Å². The lowest BCUT2D eigenvalue weighted by Crippen LogP contribution is -2.33. The lowest BCUT2D eigenvalue weighted by molar-refractivity contribution is 0.200. The molecular weight excluding hydrogens is 440 g/mol. The van der Waals surface area contributed by atoms with Crippen molar-refractivity contribution in [1.29, 1.82) is 0 Å². The Morgan fingerprint density at radius 1 is 1.12 bits per heavy atom. The van der Waals surface area contributed by atoms with Gasteiger partial charge in [0.05, 0.1) is 7.11 Å². The van der Waals surface area contributed by atoms with Crippen molar-refractivity contribution in [1.82, 2.24) is 19.7 Å². The molecule has 3 aromatic rings. The van der Waals surface area contributed by atoms with Crippen LogP contribution in [0.15, 0.2) is 66.3 Å². The molecule has 0 unspecified atom stereocenters. The summed E-state index contributed by atoms with van der Waals surface area (Å²) in [6.45, 7) is 7.72. The van der Waals surface area contributed by atoms with Crippen molar-refractivity contribution in [3.05, 3.63) is 83.2 Å². The molecule has 0 bridgehead atoms. The van der Waals surface area contributed by atoms with Crippen LogP contribution in [0.25, 0.3) is 0 Å². The second-order valence-electron chi connectivity index (χ2n) is 8.06. The van der Waals surface area contributed by atoms with E-state index in [1.165, 1.54) is 11.1 Å². The number of hydrogen-bond donors (Lipinski definition) is 0. The van der Waals surface area contributed by atoms with Crippen LogP contribution in [0, 0.1) is 0 Å². The number of ether oxygens (including phenoxy) is 1. The fourth-order valence-electron chi connectivity index (χ4n) is 4.16. The van der Waals surface area contributed by atoms with Crippen LogP contribution in [0.1, 0.15) is 35.7 Å². The maximum atomic E-state index is 6.13. The highest BCUT2D eigenvalue weighted by Crippen LogP contribution is 2.31. The Balaban J connectivity index is 1.38. The zero-order chi connectivity index (χ0) is 22.3. The highest BCUT2D eigenvalue weighted by molar-refractivity contribution is 7.98. The van der Waals surface area contributed by atoms with Gasteiger partial charge in [0.2, 0.25) is 0 Å². The first-order valence-electron chi connectivity index (χ1n) is 10.9. The van der Waals surface area contributed by atoms with Crippen molar-refractivity contribution in [3.63, 3.8) is 0 Å². The van der Waals surface area contributed by atoms with Gasteiger partial charge in [-0.1, -0.05) is 53.7 Å². The Morgan fingerprint density at radius 3 is 2.66 bits per heavy atom. The van der Waals surface area contributed by atoms with Crippen LogP contribution in [0.2, 0.25) is 5.02 Å². The lowest BCUT2D eigenvalue weighted by Gasteiger charge is -2.31. The molecule has 168 valence electrons. The van der Waals surface area contributed by atoms with Gasteiger partial charge in [-0.05, 0) is 61.3 Å². The van der Waals surface area contributed by atoms with E-state index in [1.807, 2.05) is 30.3 Å². The third-order valence-electron chi connectivity index (χ3n) is 5.81. The molecule has 1 aliphatic heterocycles. The molecule has 4 rings (SSSR count). The number of nitrogens with zero attached hydrogens (tertiary/aromatic N) is 4. The van der Waals surface area contributed by atoms with Gasteiger partial charge in [-0.25, -0.2) is 0 Å². The minimum Gasteiger partial charge on any atom is -0.497 e. The highest BCUT2D eigenvalue weighted by atomic mass is 35.5. The zero-order valence-electron chi connectivity index (χ0n) is 18.4. The molecule has 1 aromatic heterocycles. The summed E-state index contributed by atoms with van der Waals surface area (Å²) in [5.41, 5.74) is 2.47. The molecular formula is C25H29ClN4OS. The van der Waals surface area contributed by atoms with E-state index >= 15 is 0 Å². The average molecular weight is 469 g/mol. The van der Waals surface area contributed by atoms with Crippen molar-refractivity contribution in [2.24, 2.45) is 0 Å². The molecule has 1 saturated heterocycles. The maximum Gasteiger partial charge on any atom is 0.191 e. The normalized spacial score (nSPS) is 15.1. The number of piperidine rings is 1. The third-order valence-corrected chi connectivity index (χ3v) is 7.08. The molecule has 0 aliphatic carbocycles. The highest BCUT2D eigenvalue weighted by Gasteiger charge is 2.26. The number of halogens is 1. The fraction of sp³-hybridized carbons (Fsp3) is 0.360. The van der Waals surface area contributed by atoms with Gasteiger partial charge < -0.3 is 9.30 Å². The quantitative estimate of drug-likeness (QED) is 0.293. The van der Waals surface area contributed by atoms with Crippen LogP contribution >= 0.6 is 23.4 Å². The Labute approximate surface area is 199 Å². The van der Waals surface area contributed by atoms with Gasteiger partial charge >= 0.3 is 0 Å². The Bertz CT molecular complexity index is 1050. The van der Waals surface area contributed by atoms with Crippen molar-refractivity contribution < 1.29 is 4.74 Å². The largest absolute Gasteiger partial charge is 0.497 e. The number of hydrogen-bond acceptors (Lipinski definition) is 5. The number of aromatic nitrogens is 3. The second-order valence-corrected chi connectivity index (χ2v) is 9.44. The van der Waals surface area contributed by atoms with E-state index in [9.17, 15) is 0 Å². The SMILES string of the molecule is C=CCn1c(SCc2cccc(Cl)c2)nnc1C1CCN(Cc2cccc(OC)c2)CC1. The van der Waals surface area contributed by atoms with Crippen LogP contribution < -0.4 is 4.74 Å². The predicted molar refractivity (Wildman–Crippen MR) is 131 cm³/mol. The van der Waals surface area contributed by atoms with E-state index < -0.39 is 0 Å². The first-order chi connectivity index (χ1) is 15.7. The first kappa shape index (κ1) is 22.9. The summed E-state index contributed by atoms with van der Waals surface area (Å²) in [6.07, 6.45) is 4.09. The molecule has 0 spiro atoms. The molecule has 7 heteroatoms. The summed E-state index contributed by atoms with van der Waals surface area (Å²) in [7, 11) is 1.71. The molecule has 1 fully saturated rings. The summed E-state index contributed by atoms with van der Waals surface area (Å²) in [5, 5.41) is 10.8. The summed E-state index contributed by atoms with van der Waals surface area (Å²) in [6, 6.07) is 16.3. The molecule has 1 aliphatic rings. The Hall–Kier alpha value is -2.28. The summed E-state index contributed by atoms with van der Waals surface area (Å²) < 4.78 is 7.58. The van der Waals surface area contributed by atoms with Crippen LogP contribution in [0.3, 0.4) is 0 Å². The van der Waals surface area contributed by atoms with Gasteiger partial charge in [-0.15, -0.1) is 16.8 Å². The van der Waals surface area contributed by atoms with Gasteiger partial charge in [-0.3, -0.25) is 4.90 Å². The Kier molecular flexibility index (Phi) is 7.90. The monoisotopic (exact) mass is 468 g/mol. The van der Waals surface area contributed by atoms with Crippen LogP contribution in [-0.2, 0) is 18.8 Å². The summed E-state index contributed by atoms with van der Waals surface area (Å²) in [4.78, 5) is 2.51. The summed E-state index contributed by atoms with van der Waals surface area (Å²) in [5.74, 6) is 3.23. The molecule has 2 heterocycles. The van der Waals surface area contributed by atoms with E-state index in [0.717, 1.165) is 66.5 Å². The maximum absolute atomic E-state index is 6.13. The number of likely N-dealkylation sites (tertiary alicyclic amines) is 1. The van der Waals surface area contributed by atoms with Crippen LogP contribution in [0.5, 0.6) is 5.75 Å². The van der Waals surface area contributed by atoms with Gasteiger partial charge in [-0.2, -0.15) is 0 Å². The molecule has 0 atom stereocenters. The molecule has 0 amide bonds. The van der Waals surface area contributed by atoms with Crippen molar-refractivity contribution in [2.75, 3.05) is 20.2 Å². The fourth-order valence-corrected chi connectivity index (χ4v) is 5.27. The minimum absolute atomic E-state index is 0.421. The molecule has 0 N–H and O–H groups in total. The van der Waals surface area contributed by atoms with Gasteiger partial charge in [0, 0.05) is 29.8 Å². The van der Waals surface area contributed by atoms with Gasteiger partial charge in [0.25, 0.3) is 0 Å². The average Bonchev–Trinajstić information content (AvgIpc) is 3.21. The topological polar surface area (TPSA) is 43.2 Å². The standard InChI is InChI=1S/C25H29ClN4OS/c1-3-12-30-24(27-28-25(30)32-18-20-7-4-8-22(26)15-20)21-10-13-29(14-11-21)17-19-6-5-9-23(16-19)31-2/h3-9,15-16,21H,1,10-14,17-18H2,2H3. The van der Waals surface area contributed by atoms with E-state index in [-0.39, 0.29) is 0 Å². The van der Waals surface area contributed by atoms with Gasteiger partial charge in [0.15, 0.2) is 5.16 Å². The molecule has 32 heavy (non-hydrogen) atoms. The number of benzene rings is 2. The summed E-state index contributed by atoms with van der Waals surface area (Å²) >= 11 is 7.83. The van der Waals surface area contributed by atoms with Gasteiger partial charge in [0.1, 0.15) is 11.6 Å². The number of rotatable bonds is 9. The number of allylic oxidation sites excluding steroid dienone is 1. The first-order valence-corrected chi connectivity index (χ1v) is 12.3. The zero-order valence-corrected chi connectivity index (χ0v) is 20.0. The Morgan fingerprint density at radius 2 is 1.91 bits per heavy atom. The van der Waals surface area contributed by atoms with E-state index in [2.05, 4.69) is 50.5 Å². The minimum atomic E-state index is 0.421. The smallest absolute Gasteiger partial charge is 0.191 e. The predicted octanol–water partition coefficient (Wildman–Crippen LogP) is 5.80. The molecule has 0 radical (unpaired) electrons. The molecule has 2 aromatic carbocycles. The van der Waals surface area contributed by atoms with Crippen LogP contribution in [0.4, 0.5) is 0 Å². The van der Waals surface area contributed by atoms with Crippen molar-refractivity contribution in [2.45, 2.75) is 42.8 Å². The van der Waals surface area contributed by atoms with Crippen LogP contribution in [-0.4, -0.2) is 39.9 Å². The third kappa shape index (κ3) is 5.74. The number of methoxy groups -OCH3 is 1. The van der Waals surface area contributed by atoms with E-state index in [1.54, 1.807) is 18.9 Å². The van der Waals surface area contributed by atoms with Crippen molar-refractivity contribution in [3.8, 4) is 5.75 Å².